The molecule has 0 spiro atoms. The number of sulfonamides is 1. The first-order valence-electron chi connectivity index (χ1n) is 11.2. The molecule has 1 amide bonds. The third kappa shape index (κ3) is 6.17. The molecule has 0 bridgehead atoms. The number of aryl methyl sites for hydroxylation is 5. The Balaban J connectivity index is 1.73. The minimum Gasteiger partial charge on any atom is -0.492 e. The van der Waals surface area contributed by atoms with Crippen LogP contribution in [0.25, 0.3) is 0 Å². The van der Waals surface area contributed by atoms with Crippen LogP contribution in [0, 0.1) is 34.6 Å². The molecule has 34 heavy (non-hydrogen) atoms. The molecule has 3 aromatic carbocycles. The number of hydrogen-bond donors (Lipinski definition) is 1. The Morgan fingerprint density at radius 2 is 1.44 bits per heavy atom. The zero-order chi connectivity index (χ0) is 24.9. The van der Waals surface area contributed by atoms with E-state index in [-0.39, 0.29) is 24.6 Å². The van der Waals surface area contributed by atoms with E-state index in [0.717, 1.165) is 32.3 Å². The van der Waals surface area contributed by atoms with Gasteiger partial charge in [-0.25, -0.2) is 8.42 Å². The summed E-state index contributed by atoms with van der Waals surface area (Å²) in [5.74, 6) is 0.327. The largest absolute Gasteiger partial charge is 0.492 e. The zero-order valence-corrected chi connectivity index (χ0v) is 21.2. The van der Waals surface area contributed by atoms with Gasteiger partial charge in [0, 0.05) is 0 Å². The smallest absolute Gasteiger partial charge is 0.264 e. The van der Waals surface area contributed by atoms with Gasteiger partial charge in [-0.3, -0.25) is 9.10 Å². The highest BCUT2D eigenvalue weighted by molar-refractivity contribution is 7.92. The quantitative estimate of drug-likeness (QED) is 0.454. The van der Waals surface area contributed by atoms with Crippen molar-refractivity contribution in [3.8, 4) is 5.75 Å². The molecule has 3 rings (SSSR count). The first-order valence-corrected chi connectivity index (χ1v) is 12.7. The van der Waals surface area contributed by atoms with E-state index in [1.165, 1.54) is 5.56 Å². The zero-order valence-electron chi connectivity index (χ0n) is 20.4. The Morgan fingerprint density at radius 1 is 0.824 bits per heavy atom. The SMILES string of the molecule is Cc1ccc(S(=O)(=O)N(CC(=O)NCCOc2ccc(C)c(C)c2)c2ccc(C)c(C)c2)cc1. The van der Waals surface area contributed by atoms with Crippen LogP contribution in [0.3, 0.4) is 0 Å². The first kappa shape index (κ1) is 25.3. The lowest BCUT2D eigenvalue weighted by molar-refractivity contribution is -0.119. The van der Waals surface area contributed by atoms with Crippen molar-refractivity contribution in [1.82, 2.24) is 5.32 Å². The highest BCUT2D eigenvalue weighted by Gasteiger charge is 2.27. The molecule has 0 fully saturated rings. The number of nitrogens with zero attached hydrogens (tertiary/aromatic N) is 1. The van der Waals surface area contributed by atoms with Gasteiger partial charge in [0.15, 0.2) is 0 Å². The van der Waals surface area contributed by atoms with Gasteiger partial charge in [0.25, 0.3) is 10.0 Å². The van der Waals surface area contributed by atoms with Crippen molar-refractivity contribution in [2.45, 2.75) is 39.5 Å². The fourth-order valence-corrected chi connectivity index (χ4v) is 4.80. The maximum Gasteiger partial charge on any atom is 0.264 e. The normalized spacial score (nSPS) is 11.2. The summed E-state index contributed by atoms with van der Waals surface area (Å²) < 4.78 is 33.8. The Bertz CT molecular complexity index is 1270. The van der Waals surface area contributed by atoms with Gasteiger partial charge in [-0.15, -0.1) is 0 Å². The molecule has 0 saturated heterocycles. The number of hydrogen-bond acceptors (Lipinski definition) is 4. The van der Waals surface area contributed by atoms with E-state index in [1.54, 1.807) is 36.4 Å². The van der Waals surface area contributed by atoms with E-state index in [0.29, 0.717) is 5.69 Å². The molecule has 0 aliphatic rings. The third-order valence-electron chi connectivity index (χ3n) is 5.85. The molecule has 0 aromatic heterocycles. The van der Waals surface area contributed by atoms with Crippen molar-refractivity contribution >= 4 is 21.6 Å². The van der Waals surface area contributed by atoms with E-state index in [9.17, 15) is 13.2 Å². The average molecular weight is 481 g/mol. The molecule has 6 nitrogen and oxygen atoms in total. The lowest BCUT2D eigenvalue weighted by atomic mass is 10.1. The van der Waals surface area contributed by atoms with Crippen molar-refractivity contribution < 1.29 is 17.9 Å². The number of anilines is 1. The lowest BCUT2D eigenvalue weighted by Gasteiger charge is -2.25. The van der Waals surface area contributed by atoms with E-state index in [1.807, 2.05) is 58.9 Å². The number of amides is 1. The summed E-state index contributed by atoms with van der Waals surface area (Å²) in [6, 6.07) is 17.8. The predicted octanol–water partition coefficient (Wildman–Crippen LogP) is 4.62. The monoisotopic (exact) mass is 480 g/mol. The Kier molecular flexibility index (Phi) is 7.99. The maximum absolute atomic E-state index is 13.5. The summed E-state index contributed by atoms with van der Waals surface area (Å²) in [6.45, 7) is 10.0. The lowest BCUT2D eigenvalue weighted by Crippen LogP contribution is -2.42. The van der Waals surface area contributed by atoms with Gasteiger partial charge in [-0.2, -0.15) is 0 Å². The van der Waals surface area contributed by atoms with Gasteiger partial charge in [0.05, 0.1) is 17.1 Å². The minimum absolute atomic E-state index is 0.141. The van der Waals surface area contributed by atoms with Crippen molar-refractivity contribution in [3.63, 3.8) is 0 Å². The number of rotatable bonds is 9. The van der Waals surface area contributed by atoms with Crippen LogP contribution in [0.5, 0.6) is 5.75 Å². The van der Waals surface area contributed by atoms with Gasteiger partial charge in [0.2, 0.25) is 5.91 Å². The van der Waals surface area contributed by atoms with Crippen LogP contribution in [-0.2, 0) is 14.8 Å². The molecule has 0 aliphatic heterocycles. The number of carbonyl (C=O) groups is 1. The number of carbonyl (C=O) groups excluding carboxylic acids is 1. The molecule has 0 aliphatic carbocycles. The van der Waals surface area contributed by atoms with Crippen molar-refractivity contribution in [1.29, 1.82) is 0 Å². The molecule has 0 saturated carbocycles. The summed E-state index contributed by atoms with van der Waals surface area (Å²) in [4.78, 5) is 12.9. The highest BCUT2D eigenvalue weighted by Crippen LogP contribution is 2.26. The van der Waals surface area contributed by atoms with Crippen LogP contribution < -0.4 is 14.4 Å². The maximum atomic E-state index is 13.5. The van der Waals surface area contributed by atoms with Gasteiger partial charge >= 0.3 is 0 Å². The van der Waals surface area contributed by atoms with Crippen LogP contribution >= 0.6 is 0 Å². The number of benzene rings is 3. The van der Waals surface area contributed by atoms with Gasteiger partial charge in [-0.05, 0) is 93.3 Å². The number of nitrogens with one attached hydrogen (secondary N) is 1. The fourth-order valence-electron chi connectivity index (χ4n) is 3.38. The first-order chi connectivity index (χ1) is 16.1. The summed E-state index contributed by atoms with van der Waals surface area (Å²) >= 11 is 0. The van der Waals surface area contributed by atoms with Crippen LogP contribution in [0.15, 0.2) is 65.6 Å². The molecule has 0 atom stereocenters. The summed E-state index contributed by atoms with van der Waals surface area (Å²) in [6.07, 6.45) is 0. The van der Waals surface area contributed by atoms with Crippen molar-refractivity contribution in [2.24, 2.45) is 0 Å². The topological polar surface area (TPSA) is 75.7 Å². The second kappa shape index (κ2) is 10.7. The molecule has 180 valence electrons. The van der Waals surface area contributed by atoms with Crippen LogP contribution in [0.2, 0.25) is 0 Å². The van der Waals surface area contributed by atoms with Crippen LogP contribution in [-0.4, -0.2) is 34.0 Å². The fraction of sp³-hybridized carbons (Fsp3) is 0.296. The second-order valence-electron chi connectivity index (χ2n) is 8.54. The molecule has 0 radical (unpaired) electrons. The van der Waals surface area contributed by atoms with Crippen molar-refractivity contribution in [3.05, 3.63) is 88.5 Å². The van der Waals surface area contributed by atoms with E-state index in [4.69, 9.17) is 4.74 Å². The van der Waals surface area contributed by atoms with E-state index < -0.39 is 15.9 Å². The molecule has 7 heteroatoms. The standard InChI is InChI=1S/C27H32N2O4S/c1-19-6-12-26(13-7-19)34(31,32)29(24-10-8-20(2)22(4)16-24)18-27(30)28-14-15-33-25-11-9-21(3)23(5)17-25/h6-13,16-17H,14-15,18H2,1-5H3,(H,28,30). The molecule has 0 unspecified atom stereocenters. The van der Waals surface area contributed by atoms with Crippen LogP contribution in [0.4, 0.5) is 5.69 Å². The van der Waals surface area contributed by atoms with E-state index in [2.05, 4.69) is 5.32 Å². The Labute approximate surface area is 202 Å². The van der Waals surface area contributed by atoms with E-state index >= 15 is 0 Å². The van der Waals surface area contributed by atoms with Crippen molar-refractivity contribution in [2.75, 3.05) is 24.0 Å². The third-order valence-corrected chi connectivity index (χ3v) is 7.63. The highest BCUT2D eigenvalue weighted by atomic mass is 32.2. The molecule has 3 aromatic rings. The van der Waals surface area contributed by atoms with Crippen LogP contribution in [0.1, 0.15) is 27.8 Å². The summed E-state index contributed by atoms with van der Waals surface area (Å²) in [5.41, 5.74) is 5.71. The number of ether oxygens (including phenoxy) is 1. The second-order valence-corrected chi connectivity index (χ2v) is 10.4. The average Bonchev–Trinajstić information content (AvgIpc) is 2.79. The summed E-state index contributed by atoms with van der Waals surface area (Å²) in [5, 5.41) is 2.77. The Hall–Kier alpha value is -3.32. The van der Waals surface area contributed by atoms with Gasteiger partial charge in [-0.1, -0.05) is 29.8 Å². The Morgan fingerprint density at radius 3 is 2.06 bits per heavy atom. The molecular weight excluding hydrogens is 448 g/mol. The molecule has 0 heterocycles. The molecular formula is C27H32N2O4S. The molecule has 1 N–H and O–H groups in total. The summed E-state index contributed by atoms with van der Waals surface area (Å²) in [7, 11) is -3.94. The minimum atomic E-state index is -3.94. The van der Waals surface area contributed by atoms with Gasteiger partial charge in [0.1, 0.15) is 18.9 Å². The van der Waals surface area contributed by atoms with Gasteiger partial charge < -0.3 is 10.1 Å². The predicted molar refractivity (Wildman–Crippen MR) is 136 cm³/mol.